The van der Waals surface area contributed by atoms with Gasteiger partial charge in [-0.25, -0.2) is 4.79 Å². The van der Waals surface area contributed by atoms with Gasteiger partial charge in [-0.15, -0.1) is 0 Å². The number of hydrogen-bond donors (Lipinski definition) is 0. The zero-order valence-corrected chi connectivity index (χ0v) is 12.6. The minimum absolute atomic E-state index is 0.294. The van der Waals surface area contributed by atoms with Crippen LogP contribution >= 0.6 is 11.6 Å². The van der Waals surface area contributed by atoms with Crippen molar-refractivity contribution < 1.29 is 14.3 Å². The van der Waals surface area contributed by atoms with Gasteiger partial charge in [-0.05, 0) is 29.7 Å². The fourth-order valence-corrected chi connectivity index (χ4v) is 2.45. The Labute approximate surface area is 133 Å². The molecule has 0 saturated carbocycles. The maximum Gasteiger partial charge on any atom is 0.347 e. The van der Waals surface area contributed by atoms with Crippen LogP contribution < -0.4 is 9.47 Å². The molecule has 0 saturated heterocycles. The van der Waals surface area contributed by atoms with E-state index in [-0.39, 0.29) is 0 Å². The van der Waals surface area contributed by atoms with Gasteiger partial charge in [0.1, 0.15) is 17.1 Å². The van der Waals surface area contributed by atoms with E-state index in [9.17, 15) is 4.79 Å². The van der Waals surface area contributed by atoms with Crippen molar-refractivity contribution in [1.29, 1.82) is 0 Å². The molecule has 0 radical (unpaired) electrons. The molecule has 0 unspecified atom stereocenters. The minimum Gasteiger partial charge on any atom is -0.496 e. The summed E-state index contributed by atoms with van der Waals surface area (Å²) in [4.78, 5) is 12.4. The molecule has 22 heavy (non-hydrogen) atoms. The van der Waals surface area contributed by atoms with Crippen molar-refractivity contribution >= 4 is 28.3 Å². The van der Waals surface area contributed by atoms with Gasteiger partial charge < -0.3 is 9.47 Å². The van der Waals surface area contributed by atoms with Crippen LogP contribution in [-0.2, 0) is 0 Å². The van der Waals surface area contributed by atoms with Crippen LogP contribution in [0.25, 0.3) is 10.8 Å². The zero-order valence-electron chi connectivity index (χ0n) is 11.9. The Morgan fingerprint density at radius 1 is 0.955 bits per heavy atom. The average Bonchev–Trinajstić information content (AvgIpc) is 2.55. The number of carbonyl (C=O) groups is 1. The molecule has 0 N–H and O–H groups in total. The third-order valence-electron chi connectivity index (χ3n) is 3.33. The Morgan fingerprint density at radius 3 is 2.55 bits per heavy atom. The molecule has 0 aliphatic heterocycles. The van der Waals surface area contributed by atoms with Crippen LogP contribution in [0.2, 0.25) is 5.02 Å². The number of ether oxygens (including phenoxy) is 2. The summed E-state index contributed by atoms with van der Waals surface area (Å²) in [6, 6.07) is 18.1. The molecular formula is C18H13ClO3. The van der Waals surface area contributed by atoms with Gasteiger partial charge in [-0.3, -0.25) is 0 Å². The molecule has 0 aliphatic rings. The topological polar surface area (TPSA) is 35.5 Å². The van der Waals surface area contributed by atoms with Gasteiger partial charge >= 0.3 is 5.97 Å². The predicted molar refractivity (Wildman–Crippen MR) is 86.9 cm³/mol. The van der Waals surface area contributed by atoms with E-state index in [0.717, 1.165) is 10.8 Å². The standard InChI is InChI=1S/C18H13ClO3/c1-21-16-10-9-13(19)11-15(16)18(20)22-17-8-4-6-12-5-2-3-7-14(12)17/h2-11H,1H3. The van der Waals surface area contributed by atoms with Gasteiger partial charge in [-0.2, -0.15) is 0 Å². The van der Waals surface area contributed by atoms with Gasteiger partial charge in [0.25, 0.3) is 0 Å². The van der Waals surface area contributed by atoms with Crippen LogP contribution in [0.3, 0.4) is 0 Å². The lowest BCUT2D eigenvalue weighted by molar-refractivity contribution is 0.0733. The van der Waals surface area contributed by atoms with E-state index in [2.05, 4.69) is 0 Å². The summed E-state index contributed by atoms with van der Waals surface area (Å²) in [5.41, 5.74) is 0.294. The number of methoxy groups -OCH3 is 1. The number of carbonyl (C=O) groups excluding carboxylic acids is 1. The molecule has 0 bridgehead atoms. The molecule has 0 aliphatic carbocycles. The molecule has 0 amide bonds. The van der Waals surface area contributed by atoms with Crippen molar-refractivity contribution in [2.45, 2.75) is 0 Å². The van der Waals surface area contributed by atoms with Crippen molar-refractivity contribution in [1.82, 2.24) is 0 Å². The first-order valence-corrected chi connectivity index (χ1v) is 7.10. The van der Waals surface area contributed by atoms with Gasteiger partial charge in [0.05, 0.1) is 7.11 Å². The second-order valence-electron chi connectivity index (χ2n) is 4.71. The monoisotopic (exact) mass is 312 g/mol. The highest BCUT2D eigenvalue weighted by molar-refractivity contribution is 6.31. The number of esters is 1. The minimum atomic E-state index is -0.504. The lowest BCUT2D eigenvalue weighted by Gasteiger charge is -2.10. The highest BCUT2D eigenvalue weighted by atomic mass is 35.5. The summed E-state index contributed by atoms with van der Waals surface area (Å²) in [7, 11) is 1.50. The fraction of sp³-hybridized carbons (Fsp3) is 0.0556. The molecule has 0 heterocycles. The number of hydrogen-bond acceptors (Lipinski definition) is 3. The third-order valence-corrected chi connectivity index (χ3v) is 3.57. The van der Waals surface area contributed by atoms with E-state index in [1.54, 1.807) is 18.2 Å². The summed E-state index contributed by atoms with van der Waals surface area (Å²) in [6.45, 7) is 0. The summed E-state index contributed by atoms with van der Waals surface area (Å²) in [5, 5.41) is 2.33. The number of fused-ring (bicyclic) bond motifs is 1. The average molecular weight is 313 g/mol. The molecular weight excluding hydrogens is 300 g/mol. The quantitative estimate of drug-likeness (QED) is 0.518. The molecule has 3 nitrogen and oxygen atoms in total. The fourth-order valence-electron chi connectivity index (χ4n) is 2.28. The van der Waals surface area contributed by atoms with E-state index in [4.69, 9.17) is 21.1 Å². The molecule has 4 heteroatoms. The lowest BCUT2D eigenvalue weighted by atomic mass is 10.1. The van der Waals surface area contributed by atoms with E-state index in [1.807, 2.05) is 36.4 Å². The molecule has 3 rings (SSSR count). The zero-order chi connectivity index (χ0) is 15.5. The predicted octanol–water partition coefficient (Wildman–Crippen LogP) is 4.72. The van der Waals surface area contributed by atoms with Crippen LogP contribution in [0.1, 0.15) is 10.4 Å². The van der Waals surface area contributed by atoms with Crippen molar-refractivity contribution in [2.24, 2.45) is 0 Å². The first kappa shape index (κ1) is 14.4. The Balaban J connectivity index is 1.99. The van der Waals surface area contributed by atoms with Gasteiger partial charge in [0, 0.05) is 10.4 Å². The Kier molecular flexibility index (Phi) is 3.98. The Bertz CT molecular complexity index is 837. The van der Waals surface area contributed by atoms with Crippen LogP contribution in [0.5, 0.6) is 11.5 Å². The summed E-state index contributed by atoms with van der Waals surface area (Å²) in [5.74, 6) is 0.426. The Hall–Kier alpha value is -2.52. The number of rotatable bonds is 3. The van der Waals surface area contributed by atoms with Crippen molar-refractivity contribution in [2.75, 3.05) is 7.11 Å². The van der Waals surface area contributed by atoms with Crippen LogP contribution in [0.15, 0.2) is 60.7 Å². The number of benzene rings is 3. The number of halogens is 1. The normalized spacial score (nSPS) is 10.5. The van der Waals surface area contributed by atoms with Crippen LogP contribution in [0.4, 0.5) is 0 Å². The summed E-state index contributed by atoms with van der Waals surface area (Å²) >= 11 is 5.95. The molecule has 3 aromatic carbocycles. The largest absolute Gasteiger partial charge is 0.496 e. The molecule has 110 valence electrons. The molecule has 0 atom stereocenters. The van der Waals surface area contributed by atoms with Crippen LogP contribution in [-0.4, -0.2) is 13.1 Å². The van der Waals surface area contributed by atoms with Crippen molar-refractivity contribution in [3.63, 3.8) is 0 Å². The highest BCUT2D eigenvalue weighted by Gasteiger charge is 2.16. The molecule has 0 spiro atoms. The van der Waals surface area contributed by atoms with E-state index in [0.29, 0.717) is 22.1 Å². The van der Waals surface area contributed by atoms with E-state index < -0.39 is 5.97 Å². The van der Waals surface area contributed by atoms with E-state index >= 15 is 0 Å². The smallest absolute Gasteiger partial charge is 0.347 e. The molecule has 0 aromatic heterocycles. The van der Waals surface area contributed by atoms with Crippen molar-refractivity contribution in [3.8, 4) is 11.5 Å². The van der Waals surface area contributed by atoms with E-state index in [1.165, 1.54) is 13.2 Å². The van der Waals surface area contributed by atoms with Gasteiger partial charge in [0.2, 0.25) is 0 Å². The lowest BCUT2D eigenvalue weighted by Crippen LogP contribution is -2.10. The summed E-state index contributed by atoms with van der Waals surface area (Å²) < 4.78 is 10.7. The SMILES string of the molecule is COc1ccc(Cl)cc1C(=O)Oc1cccc2ccccc12. The second-order valence-corrected chi connectivity index (χ2v) is 5.15. The highest BCUT2D eigenvalue weighted by Crippen LogP contribution is 2.28. The van der Waals surface area contributed by atoms with Crippen molar-refractivity contribution in [3.05, 3.63) is 71.2 Å². The maximum atomic E-state index is 12.4. The van der Waals surface area contributed by atoms with Gasteiger partial charge in [0.15, 0.2) is 0 Å². The van der Waals surface area contributed by atoms with Gasteiger partial charge in [-0.1, -0.05) is 48.0 Å². The van der Waals surface area contributed by atoms with Crippen LogP contribution in [0, 0.1) is 0 Å². The molecule has 0 fully saturated rings. The maximum absolute atomic E-state index is 12.4. The first-order valence-electron chi connectivity index (χ1n) is 6.72. The molecule has 3 aromatic rings. The Morgan fingerprint density at radius 2 is 1.73 bits per heavy atom. The third kappa shape index (κ3) is 2.76. The second kappa shape index (κ2) is 6.08. The summed E-state index contributed by atoms with van der Waals surface area (Å²) in [6.07, 6.45) is 0. The first-order chi connectivity index (χ1) is 10.7.